The van der Waals surface area contributed by atoms with Crippen molar-refractivity contribution in [1.82, 2.24) is 23.7 Å². The van der Waals surface area contributed by atoms with Gasteiger partial charge in [-0.25, -0.2) is 15.0 Å². The zero-order valence-corrected chi connectivity index (χ0v) is 30.2. The molecule has 5 nitrogen and oxygen atoms in total. The van der Waals surface area contributed by atoms with Crippen molar-refractivity contribution in [1.29, 1.82) is 0 Å². The lowest BCUT2D eigenvalue weighted by atomic mass is 9.96. The van der Waals surface area contributed by atoms with Crippen molar-refractivity contribution in [2.45, 2.75) is 0 Å². The topological polar surface area (TPSA) is 64.5 Å². The van der Waals surface area contributed by atoms with Crippen LogP contribution in [0.4, 0.5) is 0 Å². The number of nitrogens with zero attached hydrogens (tertiary/aromatic N) is 5. The zero-order valence-electron chi connectivity index (χ0n) is 29.4. The van der Waals surface area contributed by atoms with Gasteiger partial charge < -0.3 is 0 Å². The van der Waals surface area contributed by atoms with E-state index in [1.165, 1.54) is 27.9 Å². The van der Waals surface area contributed by atoms with Crippen LogP contribution >= 0.6 is 11.7 Å². The Morgan fingerprint density at radius 3 is 1.71 bits per heavy atom. The van der Waals surface area contributed by atoms with Crippen molar-refractivity contribution in [3.05, 3.63) is 176 Å². The van der Waals surface area contributed by atoms with E-state index in [4.69, 9.17) is 19.3 Å². The number of hydrogen-bond acceptors (Lipinski definition) is 6. The molecule has 6 heteroatoms. The first-order valence-corrected chi connectivity index (χ1v) is 19.0. The first-order chi connectivity index (χ1) is 27.2. The van der Waals surface area contributed by atoms with Gasteiger partial charge >= 0.3 is 0 Å². The molecule has 3 heterocycles. The maximum absolute atomic E-state index is 5.27. The smallest absolute Gasteiger partial charge is 0.160 e. The molecule has 0 saturated carbocycles. The van der Waals surface area contributed by atoms with Gasteiger partial charge in [0.2, 0.25) is 0 Å². The molecular formula is C49H29N5S. The standard InChI is InChI=1S/C49H29N5S/c1-2-10-34(11-3-1)47-41-24-25-42-48(54-55-53-42)46(41)40-23-22-37(28-45(40)50-47)32-14-18-33(19-15-32)43-29-44(38-20-16-30-8-4-6-12-35(30)26-38)52-49(51-43)39-21-17-31-9-5-7-13-36(31)27-39/h1-29H. The van der Waals surface area contributed by atoms with Crippen LogP contribution in [-0.4, -0.2) is 23.7 Å². The van der Waals surface area contributed by atoms with Crippen molar-refractivity contribution in [3.63, 3.8) is 0 Å². The van der Waals surface area contributed by atoms with E-state index in [1.807, 2.05) is 12.1 Å². The Hall–Kier alpha value is -7.15. The number of pyridine rings is 1. The van der Waals surface area contributed by atoms with Gasteiger partial charge in [-0.05, 0) is 69.1 Å². The van der Waals surface area contributed by atoms with E-state index < -0.39 is 0 Å². The summed E-state index contributed by atoms with van der Waals surface area (Å²) in [4.78, 5) is 15.6. The van der Waals surface area contributed by atoms with E-state index in [9.17, 15) is 0 Å². The van der Waals surface area contributed by atoms with E-state index in [1.54, 1.807) is 0 Å². The largest absolute Gasteiger partial charge is 0.247 e. The molecule has 0 aliphatic rings. The highest BCUT2D eigenvalue weighted by Crippen LogP contribution is 2.38. The molecule has 0 atom stereocenters. The number of rotatable bonds is 5. The van der Waals surface area contributed by atoms with Crippen LogP contribution in [0.15, 0.2) is 176 Å². The average Bonchev–Trinajstić information content (AvgIpc) is 3.75. The zero-order chi connectivity index (χ0) is 36.3. The highest BCUT2D eigenvalue weighted by molar-refractivity contribution is 7.00. The molecule has 0 radical (unpaired) electrons. The van der Waals surface area contributed by atoms with Gasteiger partial charge in [0.15, 0.2) is 5.82 Å². The summed E-state index contributed by atoms with van der Waals surface area (Å²) in [5, 5.41) is 7.96. The average molecular weight is 720 g/mol. The number of hydrogen-bond donors (Lipinski definition) is 0. The highest BCUT2D eigenvalue weighted by atomic mass is 32.1. The third kappa shape index (κ3) is 5.50. The lowest BCUT2D eigenvalue weighted by Crippen LogP contribution is -1.96. The molecule has 11 rings (SSSR count). The van der Waals surface area contributed by atoms with Crippen LogP contribution in [0.25, 0.3) is 111 Å². The number of benzene rings is 8. The van der Waals surface area contributed by atoms with E-state index in [0.29, 0.717) is 5.82 Å². The number of aromatic nitrogens is 5. The molecule has 11 aromatic rings. The molecule has 0 unspecified atom stereocenters. The molecule has 0 amide bonds. The fourth-order valence-electron chi connectivity index (χ4n) is 7.72. The Bertz CT molecular complexity index is 3170. The van der Waals surface area contributed by atoms with Crippen molar-refractivity contribution in [2.24, 2.45) is 0 Å². The van der Waals surface area contributed by atoms with Crippen molar-refractivity contribution in [3.8, 4) is 56.3 Å². The lowest BCUT2D eigenvalue weighted by Gasteiger charge is -2.13. The summed E-state index contributed by atoms with van der Waals surface area (Å²) in [6, 6.07) is 61.7. The van der Waals surface area contributed by atoms with Gasteiger partial charge in [0.25, 0.3) is 0 Å². The second kappa shape index (κ2) is 12.8. The summed E-state index contributed by atoms with van der Waals surface area (Å²) < 4.78 is 9.27. The molecule has 0 saturated heterocycles. The van der Waals surface area contributed by atoms with E-state index in [2.05, 4.69) is 168 Å². The Labute approximate surface area is 320 Å². The van der Waals surface area contributed by atoms with E-state index in [-0.39, 0.29) is 0 Å². The summed E-state index contributed by atoms with van der Waals surface area (Å²) in [6.45, 7) is 0. The predicted molar refractivity (Wildman–Crippen MR) is 228 cm³/mol. The Balaban J connectivity index is 1.03. The minimum absolute atomic E-state index is 0.696. The molecule has 0 fully saturated rings. The second-order valence-electron chi connectivity index (χ2n) is 13.8. The van der Waals surface area contributed by atoms with Gasteiger partial charge in [-0.1, -0.05) is 140 Å². The quantitative estimate of drug-likeness (QED) is 0.166. The molecule has 0 spiro atoms. The maximum atomic E-state index is 5.27. The van der Waals surface area contributed by atoms with Crippen LogP contribution < -0.4 is 0 Å². The summed E-state index contributed by atoms with van der Waals surface area (Å²) in [5.74, 6) is 0.696. The van der Waals surface area contributed by atoms with Gasteiger partial charge in [0.05, 0.1) is 34.3 Å². The van der Waals surface area contributed by atoms with E-state index >= 15 is 0 Å². The highest BCUT2D eigenvalue weighted by Gasteiger charge is 2.17. The molecule has 0 aliphatic carbocycles. The van der Waals surface area contributed by atoms with Gasteiger partial charge in [-0.3, -0.25) is 0 Å². The first kappa shape index (κ1) is 31.4. The summed E-state index contributed by atoms with van der Waals surface area (Å²) >= 11 is 1.25. The van der Waals surface area contributed by atoms with Crippen molar-refractivity contribution >= 4 is 66.0 Å². The molecule has 0 bridgehead atoms. The second-order valence-corrected chi connectivity index (χ2v) is 14.4. The Morgan fingerprint density at radius 1 is 0.345 bits per heavy atom. The summed E-state index contributed by atoms with van der Waals surface area (Å²) in [5.41, 5.74) is 11.7. The SMILES string of the molecule is c1ccc(-c2nc3cc(-c4ccc(-c5cc(-c6ccc7ccccc7c6)nc(-c6ccc7ccccc7c6)n5)cc4)ccc3c3c2ccc2nsnc23)cc1. The normalized spacial score (nSPS) is 11.6. The summed E-state index contributed by atoms with van der Waals surface area (Å²) in [6.07, 6.45) is 0. The molecule has 55 heavy (non-hydrogen) atoms. The van der Waals surface area contributed by atoms with Crippen LogP contribution in [0.2, 0.25) is 0 Å². The van der Waals surface area contributed by atoms with Gasteiger partial charge in [-0.15, -0.1) is 0 Å². The Morgan fingerprint density at radius 2 is 0.945 bits per heavy atom. The third-order valence-corrected chi connectivity index (χ3v) is 11.1. The van der Waals surface area contributed by atoms with Gasteiger partial charge in [0, 0.05) is 38.4 Å². The molecule has 8 aromatic carbocycles. The van der Waals surface area contributed by atoms with Crippen LogP contribution in [0.3, 0.4) is 0 Å². The fraction of sp³-hybridized carbons (Fsp3) is 0. The minimum atomic E-state index is 0.696. The first-order valence-electron chi connectivity index (χ1n) is 18.2. The van der Waals surface area contributed by atoms with Gasteiger partial charge in [0.1, 0.15) is 11.0 Å². The minimum Gasteiger partial charge on any atom is -0.247 e. The van der Waals surface area contributed by atoms with E-state index in [0.717, 1.165) is 88.6 Å². The molecular weight excluding hydrogens is 691 g/mol. The summed E-state index contributed by atoms with van der Waals surface area (Å²) in [7, 11) is 0. The number of fused-ring (bicyclic) bond motifs is 7. The lowest BCUT2D eigenvalue weighted by molar-refractivity contribution is 1.18. The third-order valence-electron chi connectivity index (χ3n) is 10.5. The van der Waals surface area contributed by atoms with Crippen molar-refractivity contribution < 1.29 is 0 Å². The maximum Gasteiger partial charge on any atom is 0.160 e. The van der Waals surface area contributed by atoms with Crippen LogP contribution in [-0.2, 0) is 0 Å². The van der Waals surface area contributed by atoms with Crippen molar-refractivity contribution in [2.75, 3.05) is 0 Å². The predicted octanol–water partition coefficient (Wildman–Crippen LogP) is 12.8. The van der Waals surface area contributed by atoms with Gasteiger partial charge in [-0.2, -0.15) is 8.75 Å². The molecule has 3 aromatic heterocycles. The van der Waals surface area contributed by atoms with Crippen LogP contribution in [0.5, 0.6) is 0 Å². The fourth-order valence-corrected chi connectivity index (χ4v) is 8.26. The van der Waals surface area contributed by atoms with Crippen LogP contribution in [0.1, 0.15) is 0 Å². The molecule has 0 aliphatic heterocycles. The molecule has 256 valence electrons. The monoisotopic (exact) mass is 719 g/mol. The Kier molecular flexibility index (Phi) is 7.28. The van der Waals surface area contributed by atoms with Crippen LogP contribution in [0, 0.1) is 0 Å². The molecule has 0 N–H and O–H groups in total.